The van der Waals surface area contributed by atoms with Crippen molar-refractivity contribution in [3.8, 4) is 0 Å². The molecule has 0 spiro atoms. The number of rotatable bonds is 9. The summed E-state index contributed by atoms with van der Waals surface area (Å²) in [6, 6.07) is 0.918. The van der Waals surface area contributed by atoms with Gasteiger partial charge in [0, 0.05) is 44.2 Å². The monoisotopic (exact) mass is 521 g/mol. The largest absolute Gasteiger partial charge is 0.357 e. The molecule has 1 saturated heterocycles. The van der Waals surface area contributed by atoms with Gasteiger partial charge in [-0.1, -0.05) is 19.3 Å². The number of nitrogens with one attached hydrogen (secondary N) is 2. The molecule has 2 aliphatic rings. The average Bonchev–Trinajstić information content (AvgIpc) is 3.16. The molecular formula is C22H44IN5O. The fourth-order valence-corrected chi connectivity index (χ4v) is 4.12. The summed E-state index contributed by atoms with van der Waals surface area (Å²) in [5.74, 6) is 1.57. The minimum Gasteiger partial charge on any atom is -0.357 e. The highest BCUT2D eigenvalue weighted by atomic mass is 127. The second kappa shape index (κ2) is 14.4. The molecule has 1 amide bonds. The number of guanidine groups is 1. The molecule has 1 saturated carbocycles. The molecule has 1 aliphatic heterocycles. The van der Waals surface area contributed by atoms with Crippen LogP contribution in [0.15, 0.2) is 4.99 Å². The van der Waals surface area contributed by atoms with Crippen LogP contribution in [0.2, 0.25) is 0 Å². The van der Waals surface area contributed by atoms with E-state index in [4.69, 9.17) is 4.99 Å². The Kier molecular flexibility index (Phi) is 13.2. The first kappa shape index (κ1) is 26.5. The van der Waals surface area contributed by atoms with Crippen molar-refractivity contribution >= 4 is 35.8 Å². The summed E-state index contributed by atoms with van der Waals surface area (Å²) in [6.45, 7) is 11.1. The molecule has 0 bridgehead atoms. The van der Waals surface area contributed by atoms with Gasteiger partial charge >= 0.3 is 0 Å². The van der Waals surface area contributed by atoms with Gasteiger partial charge in [0.2, 0.25) is 5.91 Å². The molecule has 6 nitrogen and oxygen atoms in total. The quantitative estimate of drug-likeness (QED) is 0.211. The molecule has 1 atom stereocenters. The van der Waals surface area contributed by atoms with Crippen LogP contribution in [0.5, 0.6) is 0 Å². The maximum Gasteiger partial charge on any atom is 0.225 e. The van der Waals surface area contributed by atoms with Gasteiger partial charge in [-0.3, -0.25) is 9.79 Å². The van der Waals surface area contributed by atoms with Crippen LogP contribution in [-0.2, 0) is 4.79 Å². The highest BCUT2D eigenvalue weighted by molar-refractivity contribution is 14.0. The van der Waals surface area contributed by atoms with Crippen molar-refractivity contribution in [1.82, 2.24) is 20.4 Å². The van der Waals surface area contributed by atoms with Gasteiger partial charge in [0.25, 0.3) is 0 Å². The summed E-state index contributed by atoms with van der Waals surface area (Å²) in [5.41, 5.74) is 0. The number of likely N-dealkylation sites (tertiary alicyclic amines) is 1. The number of aliphatic imine (C=N–C) groups is 1. The Hall–Kier alpha value is -0.570. The van der Waals surface area contributed by atoms with Crippen LogP contribution in [0.1, 0.15) is 72.1 Å². The molecule has 0 radical (unpaired) electrons. The third-order valence-electron chi connectivity index (χ3n) is 6.21. The Bertz CT molecular complexity index is 494. The lowest BCUT2D eigenvalue weighted by molar-refractivity contribution is -0.135. The van der Waals surface area contributed by atoms with E-state index in [1.807, 2.05) is 0 Å². The molecule has 1 aliphatic carbocycles. The zero-order valence-corrected chi connectivity index (χ0v) is 21.4. The smallest absolute Gasteiger partial charge is 0.225 e. The number of halogens is 1. The summed E-state index contributed by atoms with van der Waals surface area (Å²) < 4.78 is 0. The lowest BCUT2D eigenvalue weighted by atomic mass is 9.88. The van der Waals surface area contributed by atoms with E-state index in [1.165, 1.54) is 25.7 Å². The van der Waals surface area contributed by atoms with E-state index in [-0.39, 0.29) is 29.9 Å². The standard InChI is InChI=1S/C22H43N5O.HI/c1-5-23-22(24-14-9-10-15-26(4)18(2)3)25-20-13-16-27(17-20)21(28)19-11-7-6-8-12-19;/h18-20H,5-17H2,1-4H3,(H2,23,24,25);1H. The highest BCUT2D eigenvalue weighted by Gasteiger charge is 2.31. The van der Waals surface area contributed by atoms with Crippen molar-refractivity contribution in [2.24, 2.45) is 10.9 Å². The molecule has 29 heavy (non-hydrogen) atoms. The predicted octanol–water partition coefficient (Wildman–Crippen LogP) is 3.46. The van der Waals surface area contributed by atoms with Crippen LogP contribution in [0.3, 0.4) is 0 Å². The second-order valence-corrected chi connectivity index (χ2v) is 8.79. The molecule has 1 unspecified atom stereocenters. The Labute approximate surface area is 195 Å². The Balaban J connectivity index is 0.00000420. The van der Waals surface area contributed by atoms with Gasteiger partial charge < -0.3 is 20.4 Å². The van der Waals surface area contributed by atoms with Gasteiger partial charge in [0.15, 0.2) is 5.96 Å². The second-order valence-electron chi connectivity index (χ2n) is 8.79. The van der Waals surface area contributed by atoms with Crippen LogP contribution in [0.4, 0.5) is 0 Å². The first-order chi connectivity index (χ1) is 13.5. The lowest BCUT2D eigenvalue weighted by Crippen LogP contribution is -2.45. The number of nitrogens with zero attached hydrogens (tertiary/aromatic N) is 3. The van der Waals surface area contributed by atoms with Gasteiger partial charge in [-0.2, -0.15) is 0 Å². The minimum atomic E-state index is 0. The number of carbonyl (C=O) groups is 1. The van der Waals surface area contributed by atoms with E-state index >= 15 is 0 Å². The van der Waals surface area contributed by atoms with E-state index in [0.29, 0.717) is 18.0 Å². The zero-order chi connectivity index (χ0) is 20.4. The number of unbranched alkanes of at least 4 members (excludes halogenated alkanes) is 1. The Morgan fingerprint density at radius 2 is 1.90 bits per heavy atom. The molecular weight excluding hydrogens is 477 g/mol. The first-order valence-electron chi connectivity index (χ1n) is 11.5. The Morgan fingerprint density at radius 3 is 2.55 bits per heavy atom. The summed E-state index contributed by atoms with van der Waals surface area (Å²) >= 11 is 0. The Morgan fingerprint density at radius 1 is 1.17 bits per heavy atom. The summed E-state index contributed by atoms with van der Waals surface area (Å²) in [5, 5.41) is 6.92. The van der Waals surface area contributed by atoms with Crippen LogP contribution in [-0.4, -0.2) is 73.5 Å². The van der Waals surface area contributed by atoms with Crippen LogP contribution < -0.4 is 10.6 Å². The van der Waals surface area contributed by atoms with Gasteiger partial charge in [0.1, 0.15) is 0 Å². The summed E-state index contributed by atoms with van der Waals surface area (Å²) in [6.07, 6.45) is 9.20. The SMILES string of the molecule is CCNC(=NCCCCN(C)C(C)C)NC1CCN(C(=O)C2CCCCC2)C1.I. The van der Waals surface area contributed by atoms with Crippen molar-refractivity contribution in [1.29, 1.82) is 0 Å². The predicted molar refractivity (Wildman–Crippen MR) is 133 cm³/mol. The molecule has 170 valence electrons. The molecule has 0 aromatic heterocycles. The fourth-order valence-electron chi connectivity index (χ4n) is 4.12. The summed E-state index contributed by atoms with van der Waals surface area (Å²) in [4.78, 5) is 22.0. The normalized spacial score (nSPS) is 20.8. The van der Waals surface area contributed by atoms with E-state index in [2.05, 4.69) is 48.3 Å². The van der Waals surface area contributed by atoms with Crippen molar-refractivity contribution in [3.05, 3.63) is 0 Å². The maximum atomic E-state index is 12.8. The van der Waals surface area contributed by atoms with E-state index in [9.17, 15) is 4.79 Å². The number of hydrogen-bond donors (Lipinski definition) is 2. The molecule has 2 N–H and O–H groups in total. The van der Waals surface area contributed by atoms with Crippen molar-refractivity contribution in [3.63, 3.8) is 0 Å². The number of hydrogen-bond acceptors (Lipinski definition) is 3. The van der Waals surface area contributed by atoms with Crippen molar-refractivity contribution in [2.75, 3.05) is 39.8 Å². The number of amides is 1. The first-order valence-corrected chi connectivity index (χ1v) is 11.5. The highest BCUT2D eigenvalue weighted by Crippen LogP contribution is 2.26. The van der Waals surface area contributed by atoms with Crippen molar-refractivity contribution < 1.29 is 4.79 Å². The van der Waals surface area contributed by atoms with Gasteiger partial charge in [-0.25, -0.2) is 0 Å². The van der Waals surface area contributed by atoms with Crippen LogP contribution in [0.25, 0.3) is 0 Å². The molecule has 0 aromatic carbocycles. The van der Waals surface area contributed by atoms with E-state index in [1.54, 1.807) is 0 Å². The third kappa shape index (κ3) is 9.40. The van der Waals surface area contributed by atoms with E-state index in [0.717, 1.165) is 64.4 Å². The van der Waals surface area contributed by atoms with Gasteiger partial charge in [-0.15, -0.1) is 24.0 Å². The maximum absolute atomic E-state index is 12.8. The zero-order valence-electron chi connectivity index (χ0n) is 19.1. The van der Waals surface area contributed by atoms with Crippen molar-refractivity contribution in [2.45, 2.75) is 84.2 Å². The molecule has 2 fully saturated rings. The number of carbonyl (C=O) groups excluding carboxylic acids is 1. The molecule has 0 aromatic rings. The van der Waals surface area contributed by atoms with Gasteiger partial charge in [0.05, 0.1) is 0 Å². The van der Waals surface area contributed by atoms with Gasteiger partial charge in [-0.05, 0) is 66.5 Å². The van der Waals surface area contributed by atoms with Crippen LogP contribution in [0, 0.1) is 5.92 Å². The lowest BCUT2D eigenvalue weighted by Gasteiger charge is -2.26. The topological polar surface area (TPSA) is 60.0 Å². The minimum absolute atomic E-state index is 0. The fraction of sp³-hybridized carbons (Fsp3) is 0.909. The van der Waals surface area contributed by atoms with E-state index < -0.39 is 0 Å². The third-order valence-corrected chi connectivity index (χ3v) is 6.21. The molecule has 7 heteroatoms. The summed E-state index contributed by atoms with van der Waals surface area (Å²) in [7, 11) is 2.18. The van der Waals surface area contributed by atoms with Crippen LogP contribution >= 0.6 is 24.0 Å². The molecule has 2 rings (SSSR count). The molecule has 1 heterocycles. The average molecular weight is 522 g/mol.